The Morgan fingerprint density at radius 3 is 2.41 bits per heavy atom. The maximum absolute atomic E-state index is 6.15. The standard InChI is InChI=1S/C12H19BrN2O2/c1-15(2)7-9(14)8-5-6-10(16-3)11(13)12(8)17-4/h5-6,9H,7,14H2,1-4H3. The lowest BCUT2D eigenvalue weighted by molar-refractivity contribution is 0.357. The van der Waals surface area contributed by atoms with Crippen molar-refractivity contribution in [1.29, 1.82) is 0 Å². The molecule has 96 valence electrons. The van der Waals surface area contributed by atoms with E-state index in [2.05, 4.69) is 15.9 Å². The number of nitrogens with two attached hydrogens (primary N) is 1. The van der Waals surface area contributed by atoms with Crippen LogP contribution in [0.5, 0.6) is 11.5 Å². The number of nitrogens with zero attached hydrogens (tertiary/aromatic N) is 1. The second kappa shape index (κ2) is 6.23. The molecule has 0 saturated carbocycles. The van der Waals surface area contributed by atoms with E-state index in [0.717, 1.165) is 28.1 Å². The second-order valence-electron chi connectivity index (χ2n) is 4.07. The molecular formula is C12H19BrN2O2. The Kier molecular flexibility index (Phi) is 5.24. The summed E-state index contributed by atoms with van der Waals surface area (Å²) in [5.41, 5.74) is 7.12. The summed E-state index contributed by atoms with van der Waals surface area (Å²) in [6, 6.07) is 3.73. The molecule has 0 aromatic heterocycles. The molecule has 2 N–H and O–H groups in total. The summed E-state index contributed by atoms with van der Waals surface area (Å²) in [7, 11) is 7.24. The van der Waals surface area contributed by atoms with Gasteiger partial charge in [0.05, 0.1) is 14.2 Å². The molecule has 1 aromatic carbocycles. The van der Waals surface area contributed by atoms with E-state index in [9.17, 15) is 0 Å². The van der Waals surface area contributed by atoms with Crippen LogP contribution in [0.3, 0.4) is 0 Å². The third-order valence-corrected chi connectivity index (χ3v) is 3.23. The summed E-state index contributed by atoms with van der Waals surface area (Å²) in [5, 5.41) is 0. The lowest BCUT2D eigenvalue weighted by atomic mass is 10.1. The van der Waals surface area contributed by atoms with Crippen LogP contribution < -0.4 is 15.2 Å². The average molecular weight is 303 g/mol. The Bertz CT molecular complexity index is 383. The summed E-state index contributed by atoms with van der Waals surface area (Å²) < 4.78 is 11.4. The van der Waals surface area contributed by atoms with Crippen LogP contribution in [-0.4, -0.2) is 39.8 Å². The molecule has 0 radical (unpaired) electrons. The molecule has 0 heterocycles. The van der Waals surface area contributed by atoms with Gasteiger partial charge in [-0.05, 0) is 42.2 Å². The number of benzene rings is 1. The zero-order valence-electron chi connectivity index (χ0n) is 10.7. The largest absolute Gasteiger partial charge is 0.495 e. The number of halogens is 1. The predicted octanol–water partition coefficient (Wildman–Crippen LogP) is 2.03. The number of methoxy groups -OCH3 is 2. The first-order valence-corrected chi connectivity index (χ1v) is 6.11. The molecule has 1 aromatic rings. The van der Waals surface area contributed by atoms with Crippen LogP contribution in [-0.2, 0) is 0 Å². The van der Waals surface area contributed by atoms with Crippen molar-refractivity contribution in [2.24, 2.45) is 5.73 Å². The highest BCUT2D eigenvalue weighted by atomic mass is 79.9. The van der Waals surface area contributed by atoms with Gasteiger partial charge in [-0.2, -0.15) is 0 Å². The predicted molar refractivity (Wildman–Crippen MR) is 72.7 cm³/mol. The highest BCUT2D eigenvalue weighted by molar-refractivity contribution is 9.10. The summed E-state index contributed by atoms with van der Waals surface area (Å²) in [4.78, 5) is 2.04. The smallest absolute Gasteiger partial charge is 0.141 e. The van der Waals surface area contributed by atoms with Crippen molar-refractivity contribution in [3.05, 3.63) is 22.2 Å². The van der Waals surface area contributed by atoms with E-state index < -0.39 is 0 Å². The Balaban J connectivity index is 3.11. The highest BCUT2D eigenvalue weighted by Crippen LogP contribution is 2.39. The molecule has 1 atom stereocenters. The van der Waals surface area contributed by atoms with Gasteiger partial charge in [0, 0.05) is 18.2 Å². The third kappa shape index (κ3) is 3.34. The van der Waals surface area contributed by atoms with Gasteiger partial charge in [0.1, 0.15) is 16.0 Å². The van der Waals surface area contributed by atoms with Crippen molar-refractivity contribution < 1.29 is 9.47 Å². The first kappa shape index (κ1) is 14.3. The van der Waals surface area contributed by atoms with Crippen molar-refractivity contribution in [3.63, 3.8) is 0 Å². The minimum absolute atomic E-state index is 0.0952. The fourth-order valence-electron chi connectivity index (χ4n) is 1.70. The molecule has 1 rings (SSSR count). The second-order valence-corrected chi connectivity index (χ2v) is 4.87. The van der Waals surface area contributed by atoms with Crippen LogP contribution in [0.25, 0.3) is 0 Å². The fourth-order valence-corrected chi connectivity index (χ4v) is 2.39. The molecule has 4 nitrogen and oxygen atoms in total. The highest BCUT2D eigenvalue weighted by Gasteiger charge is 2.18. The first-order valence-electron chi connectivity index (χ1n) is 5.32. The quantitative estimate of drug-likeness (QED) is 0.904. The van der Waals surface area contributed by atoms with Gasteiger partial charge < -0.3 is 20.1 Å². The van der Waals surface area contributed by atoms with Crippen LogP contribution >= 0.6 is 15.9 Å². The number of rotatable bonds is 5. The molecular weight excluding hydrogens is 284 g/mol. The van der Waals surface area contributed by atoms with E-state index >= 15 is 0 Å². The average Bonchev–Trinajstić information content (AvgIpc) is 2.27. The Hall–Kier alpha value is -0.780. The van der Waals surface area contributed by atoms with Crippen LogP contribution in [0.1, 0.15) is 11.6 Å². The number of ether oxygens (including phenoxy) is 2. The van der Waals surface area contributed by atoms with E-state index in [1.54, 1.807) is 14.2 Å². The lowest BCUT2D eigenvalue weighted by Gasteiger charge is -2.21. The molecule has 0 bridgehead atoms. The molecule has 0 amide bonds. The first-order chi connectivity index (χ1) is 8.01. The van der Waals surface area contributed by atoms with E-state index in [-0.39, 0.29) is 6.04 Å². The van der Waals surface area contributed by atoms with Crippen LogP contribution in [0.15, 0.2) is 16.6 Å². The Labute approximate surface area is 111 Å². The monoisotopic (exact) mass is 302 g/mol. The molecule has 0 aliphatic carbocycles. The van der Waals surface area contributed by atoms with Gasteiger partial charge in [0.25, 0.3) is 0 Å². The fraction of sp³-hybridized carbons (Fsp3) is 0.500. The minimum Gasteiger partial charge on any atom is -0.495 e. The summed E-state index contributed by atoms with van der Waals surface area (Å²) in [6.45, 7) is 0.759. The van der Waals surface area contributed by atoms with Gasteiger partial charge >= 0.3 is 0 Å². The molecule has 1 unspecified atom stereocenters. The molecule has 0 spiro atoms. The summed E-state index contributed by atoms with van der Waals surface area (Å²) >= 11 is 3.47. The van der Waals surface area contributed by atoms with Crippen molar-refractivity contribution in [1.82, 2.24) is 4.90 Å². The number of hydrogen-bond donors (Lipinski definition) is 1. The van der Waals surface area contributed by atoms with E-state index in [1.165, 1.54) is 0 Å². The summed E-state index contributed by atoms with van der Waals surface area (Å²) in [6.07, 6.45) is 0. The Morgan fingerprint density at radius 1 is 1.29 bits per heavy atom. The lowest BCUT2D eigenvalue weighted by Crippen LogP contribution is -2.26. The minimum atomic E-state index is -0.0952. The maximum atomic E-state index is 6.15. The van der Waals surface area contributed by atoms with Crippen LogP contribution in [0.2, 0.25) is 0 Å². The SMILES string of the molecule is COc1ccc(C(N)CN(C)C)c(OC)c1Br. The zero-order valence-corrected chi connectivity index (χ0v) is 12.2. The van der Waals surface area contributed by atoms with Gasteiger partial charge in [-0.3, -0.25) is 0 Å². The molecule has 0 fully saturated rings. The van der Waals surface area contributed by atoms with Crippen molar-refractivity contribution in [2.75, 3.05) is 34.9 Å². The molecule has 0 aliphatic rings. The van der Waals surface area contributed by atoms with Gasteiger partial charge in [-0.1, -0.05) is 0 Å². The normalized spacial score (nSPS) is 12.6. The Morgan fingerprint density at radius 2 is 1.94 bits per heavy atom. The number of likely N-dealkylation sites (N-methyl/N-ethyl adjacent to an activating group) is 1. The van der Waals surface area contributed by atoms with Gasteiger partial charge in [0.2, 0.25) is 0 Å². The van der Waals surface area contributed by atoms with E-state index in [4.69, 9.17) is 15.2 Å². The van der Waals surface area contributed by atoms with Gasteiger partial charge in [-0.15, -0.1) is 0 Å². The maximum Gasteiger partial charge on any atom is 0.141 e. The van der Waals surface area contributed by atoms with Crippen LogP contribution in [0, 0.1) is 0 Å². The van der Waals surface area contributed by atoms with Crippen molar-refractivity contribution >= 4 is 15.9 Å². The van der Waals surface area contributed by atoms with Crippen molar-refractivity contribution in [3.8, 4) is 11.5 Å². The molecule has 17 heavy (non-hydrogen) atoms. The van der Waals surface area contributed by atoms with Gasteiger partial charge in [0.15, 0.2) is 0 Å². The van der Waals surface area contributed by atoms with Crippen molar-refractivity contribution in [2.45, 2.75) is 6.04 Å². The summed E-state index contributed by atoms with van der Waals surface area (Å²) in [5.74, 6) is 1.47. The number of hydrogen-bond acceptors (Lipinski definition) is 4. The molecule has 0 aliphatic heterocycles. The van der Waals surface area contributed by atoms with Gasteiger partial charge in [-0.25, -0.2) is 0 Å². The topological polar surface area (TPSA) is 47.7 Å². The third-order valence-electron chi connectivity index (χ3n) is 2.48. The molecule has 5 heteroatoms. The zero-order chi connectivity index (χ0) is 13.0. The van der Waals surface area contributed by atoms with Crippen LogP contribution in [0.4, 0.5) is 0 Å². The van der Waals surface area contributed by atoms with E-state index in [1.807, 2.05) is 31.1 Å². The van der Waals surface area contributed by atoms with E-state index in [0.29, 0.717) is 0 Å². The molecule has 0 saturated heterocycles.